The second-order valence-corrected chi connectivity index (χ2v) is 3.53. The minimum atomic E-state index is 0.716. The van der Waals surface area contributed by atoms with Gasteiger partial charge in [-0.2, -0.15) is 0 Å². The normalized spacial score (nSPS) is 10.0. The molecule has 0 amide bonds. The lowest BCUT2D eigenvalue weighted by atomic mass is 10.2. The van der Waals surface area contributed by atoms with E-state index in [9.17, 15) is 0 Å². The van der Waals surface area contributed by atoms with Gasteiger partial charge in [-0.15, -0.1) is 0 Å². The van der Waals surface area contributed by atoms with Crippen molar-refractivity contribution in [2.24, 2.45) is 0 Å². The fourth-order valence-electron chi connectivity index (χ4n) is 1.27. The molecule has 1 aromatic heterocycles. The molecule has 2 rings (SSSR count). The Morgan fingerprint density at radius 1 is 0.867 bits per heavy atom. The summed E-state index contributed by atoms with van der Waals surface area (Å²) in [6, 6.07) is 11.9. The van der Waals surface area contributed by atoms with Gasteiger partial charge in [0.2, 0.25) is 5.88 Å². The molecule has 0 fully saturated rings. The second-order valence-electron chi connectivity index (χ2n) is 3.53. The van der Waals surface area contributed by atoms with E-state index in [1.165, 1.54) is 5.56 Å². The van der Waals surface area contributed by atoms with Crippen molar-refractivity contribution in [3.8, 4) is 0 Å². The van der Waals surface area contributed by atoms with E-state index in [1.54, 1.807) is 0 Å². The SMILES string of the molecule is Cc1ccc(NNc2ccc(C)o2)cc1. The van der Waals surface area contributed by atoms with Crippen molar-refractivity contribution >= 4 is 11.6 Å². The van der Waals surface area contributed by atoms with Crippen molar-refractivity contribution < 1.29 is 4.42 Å². The van der Waals surface area contributed by atoms with E-state index in [-0.39, 0.29) is 0 Å². The Morgan fingerprint density at radius 3 is 2.20 bits per heavy atom. The van der Waals surface area contributed by atoms with Crippen LogP contribution in [0.5, 0.6) is 0 Å². The van der Waals surface area contributed by atoms with Crippen molar-refractivity contribution in [1.82, 2.24) is 0 Å². The average Bonchev–Trinajstić information content (AvgIpc) is 2.64. The first-order valence-electron chi connectivity index (χ1n) is 4.89. The zero-order valence-electron chi connectivity index (χ0n) is 8.87. The van der Waals surface area contributed by atoms with Crippen LogP contribution in [0.1, 0.15) is 11.3 Å². The van der Waals surface area contributed by atoms with E-state index in [1.807, 2.05) is 31.2 Å². The third-order valence-electron chi connectivity index (χ3n) is 2.12. The van der Waals surface area contributed by atoms with Crippen LogP contribution in [0, 0.1) is 13.8 Å². The number of rotatable bonds is 3. The Kier molecular flexibility index (Phi) is 2.63. The molecule has 0 aliphatic heterocycles. The van der Waals surface area contributed by atoms with Gasteiger partial charge in [0.15, 0.2) is 0 Å². The lowest BCUT2D eigenvalue weighted by Crippen LogP contribution is -2.07. The number of aryl methyl sites for hydroxylation is 2. The lowest BCUT2D eigenvalue weighted by Gasteiger charge is -2.06. The Balaban J connectivity index is 1.96. The molecule has 1 heterocycles. The second kappa shape index (κ2) is 4.09. The number of furan rings is 1. The summed E-state index contributed by atoms with van der Waals surface area (Å²) in [4.78, 5) is 0. The average molecular weight is 202 g/mol. The summed E-state index contributed by atoms with van der Waals surface area (Å²) in [5.74, 6) is 1.61. The lowest BCUT2D eigenvalue weighted by molar-refractivity contribution is 0.549. The molecule has 1 aromatic carbocycles. The van der Waals surface area contributed by atoms with Crippen molar-refractivity contribution in [1.29, 1.82) is 0 Å². The van der Waals surface area contributed by atoms with Gasteiger partial charge in [-0.25, -0.2) is 0 Å². The summed E-state index contributed by atoms with van der Waals surface area (Å²) < 4.78 is 5.36. The van der Waals surface area contributed by atoms with Gasteiger partial charge < -0.3 is 4.42 Å². The molecule has 0 radical (unpaired) electrons. The fourth-order valence-corrected chi connectivity index (χ4v) is 1.27. The number of hydrogen-bond donors (Lipinski definition) is 2. The third-order valence-corrected chi connectivity index (χ3v) is 2.12. The van der Waals surface area contributed by atoms with Crippen molar-refractivity contribution in [2.45, 2.75) is 13.8 Å². The molecule has 3 heteroatoms. The number of hydrogen-bond acceptors (Lipinski definition) is 3. The highest BCUT2D eigenvalue weighted by Gasteiger charge is 1.96. The van der Waals surface area contributed by atoms with Gasteiger partial charge in [0.25, 0.3) is 0 Å². The largest absolute Gasteiger partial charge is 0.444 e. The summed E-state index contributed by atoms with van der Waals surface area (Å²) in [6.07, 6.45) is 0. The first-order valence-corrected chi connectivity index (χ1v) is 4.89. The van der Waals surface area contributed by atoms with Crippen LogP contribution in [0.2, 0.25) is 0 Å². The minimum absolute atomic E-state index is 0.716. The Morgan fingerprint density at radius 2 is 1.60 bits per heavy atom. The van der Waals surface area contributed by atoms with E-state index in [4.69, 9.17) is 4.42 Å². The highest BCUT2D eigenvalue weighted by Crippen LogP contribution is 2.13. The van der Waals surface area contributed by atoms with Gasteiger partial charge >= 0.3 is 0 Å². The van der Waals surface area contributed by atoms with Crippen LogP contribution in [-0.2, 0) is 0 Å². The zero-order valence-corrected chi connectivity index (χ0v) is 8.87. The molecular formula is C12H14N2O. The van der Waals surface area contributed by atoms with E-state index in [0.717, 1.165) is 11.4 Å². The van der Waals surface area contributed by atoms with Crippen LogP contribution >= 0.6 is 0 Å². The maximum atomic E-state index is 5.36. The number of nitrogens with one attached hydrogen (secondary N) is 2. The van der Waals surface area contributed by atoms with Gasteiger partial charge in [0, 0.05) is 6.07 Å². The topological polar surface area (TPSA) is 37.2 Å². The van der Waals surface area contributed by atoms with Crippen molar-refractivity contribution in [2.75, 3.05) is 10.9 Å². The van der Waals surface area contributed by atoms with Gasteiger partial charge in [-0.1, -0.05) is 17.7 Å². The molecule has 0 aliphatic carbocycles. The molecule has 3 nitrogen and oxygen atoms in total. The van der Waals surface area contributed by atoms with Crippen LogP contribution < -0.4 is 10.9 Å². The maximum Gasteiger partial charge on any atom is 0.211 e. The number of anilines is 2. The summed E-state index contributed by atoms with van der Waals surface area (Å²) in [5.41, 5.74) is 8.30. The highest BCUT2D eigenvalue weighted by atomic mass is 16.4. The summed E-state index contributed by atoms with van der Waals surface area (Å²) in [5, 5.41) is 0. The fraction of sp³-hybridized carbons (Fsp3) is 0.167. The maximum absolute atomic E-state index is 5.36. The highest BCUT2D eigenvalue weighted by molar-refractivity contribution is 5.49. The Hall–Kier alpha value is -1.90. The Labute approximate surface area is 89.1 Å². The van der Waals surface area contributed by atoms with E-state index in [2.05, 4.69) is 29.9 Å². The summed E-state index contributed by atoms with van der Waals surface area (Å²) in [7, 11) is 0. The molecule has 2 aromatic rings. The van der Waals surface area contributed by atoms with E-state index in [0.29, 0.717) is 5.88 Å². The molecule has 78 valence electrons. The minimum Gasteiger partial charge on any atom is -0.444 e. The van der Waals surface area contributed by atoms with Crippen LogP contribution in [0.25, 0.3) is 0 Å². The molecule has 0 bridgehead atoms. The first-order chi connectivity index (χ1) is 7.24. The summed E-state index contributed by atoms with van der Waals surface area (Å²) in [6.45, 7) is 3.98. The number of hydrazine groups is 1. The van der Waals surface area contributed by atoms with Crippen LogP contribution in [-0.4, -0.2) is 0 Å². The Bertz CT molecular complexity index is 431. The molecule has 0 saturated carbocycles. The van der Waals surface area contributed by atoms with Crippen LogP contribution in [0.3, 0.4) is 0 Å². The molecule has 15 heavy (non-hydrogen) atoms. The molecule has 2 N–H and O–H groups in total. The first kappa shape index (κ1) is 9.65. The molecule has 0 spiro atoms. The predicted molar refractivity (Wildman–Crippen MR) is 61.9 cm³/mol. The zero-order chi connectivity index (χ0) is 10.7. The van der Waals surface area contributed by atoms with E-state index < -0.39 is 0 Å². The van der Waals surface area contributed by atoms with Gasteiger partial charge in [0.1, 0.15) is 5.76 Å². The smallest absolute Gasteiger partial charge is 0.211 e. The van der Waals surface area contributed by atoms with Crippen LogP contribution in [0.4, 0.5) is 11.6 Å². The third kappa shape index (κ3) is 2.53. The predicted octanol–water partition coefficient (Wildman–Crippen LogP) is 3.34. The quantitative estimate of drug-likeness (QED) is 0.749. The molecule has 0 unspecified atom stereocenters. The van der Waals surface area contributed by atoms with Crippen molar-refractivity contribution in [3.05, 3.63) is 47.7 Å². The molecule has 0 saturated heterocycles. The van der Waals surface area contributed by atoms with Gasteiger partial charge in [-0.05, 0) is 32.0 Å². The standard InChI is InChI=1S/C12H14N2O/c1-9-3-6-11(7-4-9)13-14-12-8-5-10(2)15-12/h3-8,13-14H,1-2H3. The molecule has 0 aliphatic rings. The molecular weight excluding hydrogens is 188 g/mol. The van der Waals surface area contributed by atoms with Gasteiger partial charge in [0.05, 0.1) is 5.69 Å². The van der Waals surface area contributed by atoms with E-state index >= 15 is 0 Å². The van der Waals surface area contributed by atoms with Crippen molar-refractivity contribution in [3.63, 3.8) is 0 Å². The van der Waals surface area contributed by atoms with Gasteiger partial charge in [-0.3, -0.25) is 10.9 Å². The molecule has 0 atom stereocenters. The number of benzene rings is 1. The monoisotopic (exact) mass is 202 g/mol. The summed E-state index contributed by atoms with van der Waals surface area (Å²) >= 11 is 0. The van der Waals surface area contributed by atoms with Crippen LogP contribution in [0.15, 0.2) is 40.8 Å².